The van der Waals surface area contributed by atoms with E-state index in [0.717, 1.165) is 4.90 Å². The number of rotatable bonds is 7. The first-order valence-electron chi connectivity index (χ1n) is 6.32. The van der Waals surface area contributed by atoms with Crippen LogP contribution in [0.15, 0.2) is 0 Å². The first-order valence-corrected chi connectivity index (χ1v) is 6.32. The Hall–Kier alpha value is -0.780. The van der Waals surface area contributed by atoms with Gasteiger partial charge in [0.05, 0.1) is 5.41 Å². The molecule has 0 aromatic carbocycles. The Labute approximate surface area is 107 Å². The molecule has 0 saturated heterocycles. The van der Waals surface area contributed by atoms with E-state index >= 15 is 0 Å². The minimum absolute atomic E-state index is 0.0803. The monoisotopic (exact) mass is 268 g/mol. The first-order chi connectivity index (χ1) is 8.26. The lowest BCUT2D eigenvalue weighted by atomic mass is 9.81. The topological polar surface area (TPSA) is 46.3 Å². The molecular formula is C12H23F3N2O. The van der Waals surface area contributed by atoms with Crippen molar-refractivity contribution in [3.05, 3.63) is 0 Å². The van der Waals surface area contributed by atoms with Gasteiger partial charge >= 0.3 is 6.18 Å². The Morgan fingerprint density at radius 3 is 1.94 bits per heavy atom. The minimum Gasteiger partial charge on any atom is -0.333 e. The highest BCUT2D eigenvalue weighted by molar-refractivity contribution is 5.83. The Balaban J connectivity index is 5.05. The molecule has 18 heavy (non-hydrogen) atoms. The van der Waals surface area contributed by atoms with Gasteiger partial charge in [-0.15, -0.1) is 0 Å². The van der Waals surface area contributed by atoms with Crippen LogP contribution in [-0.4, -0.2) is 36.6 Å². The highest BCUT2D eigenvalue weighted by atomic mass is 19.4. The molecule has 0 unspecified atom stereocenters. The van der Waals surface area contributed by atoms with E-state index in [1.807, 2.05) is 0 Å². The van der Waals surface area contributed by atoms with Gasteiger partial charge in [-0.05, 0) is 19.3 Å². The van der Waals surface area contributed by atoms with Crippen molar-refractivity contribution < 1.29 is 18.0 Å². The van der Waals surface area contributed by atoms with E-state index in [4.69, 9.17) is 5.73 Å². The fourth-order valence-electron chi connectivity index (χ4n) is 2.00. The van der Waals surface area contributed by atoms with Gasteiger partial charge in [-0.2, -0.15) is 13.2 Å². The molecule has 0 atom stereocenters. The summed E-state index contributed by atoms with van der Waals surface area (Å²) in [7, 11) is 0. The molecule has 0 aliphatic rings. The van der Waals surface area contributed by atoms with Gasteiger partial charge in [-0.1, -0.05) is 20.8 Å². The maximum atomic E-state index is 12.5. The lowest BCUT2D eigenvalue weighted by molar-refractivity contribution is -0.168. The van der Waals surface area contributed by atoms with Crippen LogP contribution in [0.2, 0.25) is 0 Å². The second kappa shape index (κ2) is 6.97. The quantitative estimate of drug-likeness (QED) is 0.771. The van der Waals surface area contributed by atoms with Crippen LogP contribution >= 0.6 is 0 Å². The van der Waals surface area contributed by atoms with Gasteiger partial charge < -0.3 is 10.6 Å². The third kappa shape index (κ3) is 4.48. The van der Waals surface area contributed by atoms with Crippen molar-refractivity contribution in [2.24, 2.45) is 11.1 Å². The lowest BCUT2D eigenvalue weighted by Gasteiger charge is -2.35. The predicted octanol–water partition coefficient (Wildman–Crippen LogP) is 2.55. The van der Waals surface area contributed by atoms with E-state index in [2.05, 4.69) is 0 Å². The number of carbonyl (C=O) groups is 1. The van der Waals surface area contributed by atoms with Crippen LogP contribution in [0.1, 0.15) is 40.0 Å². The van der Waals surface area contributed by atoms with E-state index in [0.29, 0.717) is 19.3 Å². The summed E-state index contributed by atoms with van der Waals surface area (Å²) in [6, 6.07) is 0. The molecule has 0 aromatic rings. The number of nitrogens with zero attached hydrogens (tertiary/aromatic N) is 1. The largest absolute Gasteiger partial charge is 0.406 e. The van der Waals surface area contributed by atoms with Gasteiger partial charge in [0.1, 0.15) is 6.54 Å². The van der Waals surface area contributed by atoms with Crippen molar-refractivity contribution in [2.75, 3.05) is 19.6 Å². The molecule has 0 fully saturated rings. The zero-order chi connectivity index (χ0) is 14.4. The number of hydrogen-bond donors (Lipinski definition) is 1. The first kappa shape index (κ1) is 17.2. The molecule has 0 aliphatic carbocycles. The Morgan fingerprint density at radius 2 is 1.67 bits per heavy atom. The highest BCUT2D eigenvalue weighted by Crippen LogP contribution is 2.29. The van der Waals surface area contributed by atoms with Crippen molar-refractivity contribution in [2.45, 2.75) is 46.2 Å². The van der Waals surface area contributed by atoms with E-state index in [-0.39, 0.29) is 13.1 Å². The predicted molar refractivity (Wildman–Crippen MR) is 65.0 cm³/mol. The fourth-order valence-corrected chi connectivity index (χ4v) is 2.00. The number of alkyl halides is 3. The van der Waals surface area contributed by atoms with Crippen molar-refractivity contribution in [1.29, 1.82) is 0 Å². The lowest BCUT2D eigenvalue weighted by Crippen LogP contribution is -2.50. The van der Waals surface area contributed by atoms with Crippen molar-refractivity contribution in [3.63, 3.8) is 0 Å². The van der Waals surface area contributed by atoms with Crippen LogP contribution in [0.4, 0.5) is 13.2 Å². The molecular weight excluding hydrogens is 245 g/mol. The second-order valence-corrected chi connectivity index (χ2v) is 4.53. The molecule has 3 nitrogen and oxygen atoms in total. The Kier molecular flexibility index (Phi) is 6.67. The van der Waals surface area contributed by atoms with Gasteiger partial charge in [-0.3, -0.25) is 4.79 Å². The Morgan fingerprint density at radius 1 is 1.17 bits per heavy atom. The summed E-state index contributed by atoms with van der Waals surface area (Å²) in [5, 5.41) is 0. The highest BCUT2D eigenvalue weighted by Gasteiger charge is 2.40. The number of nitrogens with two attached hydrogens (primary N) is 1. The Bertz CT molecular complexity index is 254. The van der Waals surface area contributed by atoms with Crippen molar-refractivity contribution >= 4 is 5.91 Å². The summed E-state index contributed by atoms with van der Waals surface area (Å²) in [4.78, 5) is 13.2. The maximum absolute atomic E-state index is 12.5. The van der Waals surface area contributed by atoms with Crippen LogP contribution in [0.25, 0.3) is 0 Å². The van der Waals surface area contributed by atoms with Gasteiger partial charge in [0.25, 0.3) is 0 Å². The molecule has 0 radical (unpaired) electrons. The number of amides is 1. The molecule has 0 bridgehead atoms. The average Bonchev–Trinajstić information content (AvgIpc) is 2.29. The molecule has 0 aromatic heterocycles. The fraction of sp³-hybridized carbons (Fsp3) is 0.917. The van der Waals surface area contributed by atoms with Crippen molar-refractivity contribution in [1.82, 2.24) is 4.90 Å². The van der Waals surface area contributed by atoms with Crippen LogP contribution < -0.4 is 5.73 Å². The number of carbonyl (C=O) groups excluding carboxylic acids is 1. The normalized spacial score (nSPS) is 12.6. The summed E-state index contributed by atoms with van der Waals surface area (Å²) >= 11 is 0. The molecule has 0 heterocycles. The summed E-state index contributed by atoms with van der Waals surface area (Å²) in [5.41, 5.74) is 4.74. The van der Waals surface area contributed by atoms with Crippen LogP contribution in [0, 0.1) is 5.41 Å². The van der Waals surface area contributed by atoms with E-state index in [1.54, 1.807) is 20.8 Å². The van der Waals surface area contributed by atoms with Gasteiger partial charge in [0.15, 0.2) is 0 Å². The van der Waals surface area contributed by atoms with Gasteiger partial charge in [0, 0.05) is 13.1 Å². The third-order valence-corrected chi connectivity index (χ3v) is 3.35. The molecule has 0 rings (SSSR count). The number of halogens is 3. The molecule has 2 N–H and O–H groups in total. The molecule has 0 aliphatic heterocycles. The molecule has 108 valence electrons. The van der Waals surface area contributed by atoms with E-state index in [1.165, 1.54) is 0 Å². The van der Waals surface area contributed by atoms with Gasteiger partial charge in [-0.25, -0.2) is 0 Å². The molecule has 1 amide bonds. The molecule has 0 saturated carbocycles. The minimum atomic E-state index is -4.37. The SMILES string of the molecule is CCCN(CC(F)(F)F)C(=O)C(CC)(CC)CN. The van der Waals surface area contributed by atoms with Crippen molar-refractivity contribution in [3.8, 4) is 0 Å². The average molecular weight is 268 g/mol. The third-order valence-electron chi connectivity index (χ3n) is 3.35. The van der Waals surface area contributed by atoms with E-state index in [9.17, 15) is 18.0 Å². The zero-order valence-corrected chi connectivity index (χ0v) is 11.3. The second-order valence-electron chi connectivity index (χ2n) is 4.53. The maximum Gasteiger partial charge on any atom is 0.406 e. The van der Waals surface area contributed by atoms with Crippen LogP contribution in [-0.2, 0) is 4.79 Å². The molecule has 0 spiro atoms. The standard InChI is InChI=1S/C12H23F3N2O/c1-4-7-17(9-12(13,14)15)10(18)11(5-2,6-3)8-16/h4-9,16H2,1-3H3. The smallest absolute Gasteiger partial charge is 0.333 e. The van der Waals surface area contributed by atoms with Crippen LogP contribution in [0.5, 0.6) is 0 Å². The number of hydrogen-bond acceptors (Lipinski definition) is 2. The van der Waals surface area contributed by atoms with Gasteiger partial charge in [0.2, 0.25) is 5.91 Å². The summed E-state index contributed by atoms with van der Waals surface area (Å²) in [6.45, 7) is 4.31. The van der Waals surface area contributed by atoms with E-state index < -0.39 is 24.0 Å². The van der Waals surface area contributed by atoms with Crippen LogP contribution in [0.3, 0.4) is 0 Å². The molecule has 6 heteroatoms. The summed E-state index contributed by atoms with van der Waals surface area (Å²) in [6.07, 6.45) is -2.96. The summed E-state index contributed by atoms with van der Waals surface area (Å²) in [5.74, 6) is -0.478. The summed E-state index contributed by atoms with van der Waals surface area (Å²) < 4.78 is 37.4. The zero-order valence-electron chi connectivity index (χ0n) is 11.3.